The molecule has 0 atom stereocenters. The lowest BCUT2D eigenvalue weighted by Gasteiger charge is -2.08. The van der Waals surface area contributed by atoms with Crippen LogP contribution in [-0.4, -0.2) is 29.7 Å². The van der Waals surface area contributed by atoms with E-state index in [1.165, 1.54) is 13.2 Å². The number of carbonyl (C=O) groups excluding carboxylic acids is 2. The average molecular weight is 344 g/mol. The first-order valence-corrected chi connectivity index (χ1v) is 7.44. The van der Waals surface area contributed by atoms with Gasteiger partial charge in [-0.15, -0.1) is 6.58 Å². The molecule has 7 heteroatoms. The van der Waals surface area contributed by atoms with Crippen LogP contribution < -0.4 is 4.74 Å². The van der Waals surface area contributed by atoms with Gasteiger partial charge in [0.15, 0.2) is 5.75 Å². The van der Waals surface area contributed by atoms with Gasteiger partial charge < -0.3 is 4.74 Å². The fourth-order valence-corrected chi connectivity index (χ4v) is 3.30. The van der Waals surface area contributed by atoms with E-state index < -0.39 is 0 Å². The van der Waals surface area contributed by atoms with Gasteiger partial charge in [-0.3, -0.25) is 14.5 Å². The summed E-state index contributed by atoms with van der Waals surface area (Å²) in [6, 6.07) is 3.24. The number of methoxy groups -OCH3 is 1. The molecule has 0 N–H and O–H groups in total. The molecule has 0 bridgehead atoms. The minimum absolute atomic E-state index is 0.187. The molecule has 1 aromatic rings. The Labute approximate surface area is 136 Å². The molecule has 2 amide bonds. The zero-order valence-corrected chi connectivity index (χ0v) is 13.4. The number of hydrogen-bond donors (Lipinski definition) is 0. The van der Waals surface area contributed by atoms with Crippen LogP contribution in [0.5, 0.6) is 5.75 Å². The van der Waals surface area contributed by atoms with E-state index in [0.717, 1.165) is 16.7 Å². The standard InChI is InChI=1S/C14H11Cl2NO3S/c1-3-4-17-13(18)11(21-14(17)19)7-8-5-9(15)12(20-2)10(16)6-8/h3,5-7H,1,4H2,2H3/b11-7+. The van der Waals surface area contributed by atoms with Crippen molar-refractivity contribution in [3.05, 3.63) is 45.3 Å². The Morgan fingerprint density at radius 2 is 1.95 bits per heavy atom. The number of nitrogens with zero attached hydrogens (tertiary/aromatic N) is 1. The van der Waals surface area contributed by atoms with Gasteiger partial charge >= 0.3 is 0 Å². The van der Waals surface area contributed by atoms with Crippen molar-refractivity contribution in [1.82, 2.24) is 4.90 Å². The topological polar surface area (TPSA) is 46.6 Å². The summed E-state index contributed by atoms with van der Waals surface area (Å²) in [5.74, 6) is 0.0169. The van der Waals surface area contributed by atoms with Crippen molar-refractivity contribution in [3.8, 4) is 5.75 Å². The van der Waals surface area contributed by atoms with Crippen molar-refractivity contribution in [3.63, 3.8) is 0 Å². The second-order valence-corrected chi connectivity index (χ2v) is 5.91. The number of halogens is 2. The van der Waals surface area contributed by atoms with Gasteiger partial charge in [0.1, 0.15) is 0 Å². The fourth-order valence-electron chi connectivity index (χ4n) is 1.80. The molecule has 1 heterocycles. The Morgan fingerprint density at radius 3 is 2.48 bits per heavy atom. The summed E-state index contributed by atoms with van der Waals surface area (Å²) in [6.07, 6.45) is 3.08. The summed E-state index contributed by atoms with van der Waals surface area (Å²) in [7, 11) is 1.47. The van der Waals surface area contributed by atoms with Crippen molar-refractivity contribution in [2.45, 2.75) is 0 Å². The van der Waals surface area contributed by atoms with Crippen molar-refractivity contribution in [1.29, 1.82) is 0 Å². The maximum Gasteiger partial charge on any atom is 0.293 e. The molecule has 1 fully saturated rings. The lowest BCUT2D eigenvalue weighted by atomic mass is 10.2. The summed E-state index contributed by atoms with van der Waals surface area (Å²) >= 11 is 13.0. The number of amides is 2. The van der Waals surface area contributed by atoms with Crippen LogP contribution >= 0.6 is 35.0 Å². The minimum atomic E-state index is -0.354. The molecule has 1 aliphatic rings. The van der Waals surface area contributed by atoms with Gasteiger partial charge in [0, 0.05) is 6.54 Å². The Balaban J connectivity index is 2.35. The van der Waals surface area contributed by atoms with Crippen LogP contribution in [0.2, 0.25) is 10.0 Å². The fraction of sp³-hybridized carbons (Fsp3) is 0.143. The highest BCUT2D eigenvalue weighted by atomic mass is 35.5. The normalized spacial score (nSPS) is 16.7. The van der Waals surface area contributed by atoms with E-state index in [1.54, 1.807) is 18.2 Å². The van der Waals surface area contributed by atoms with E-state index in [-0.39, 0.29) is 17.7 Å². The van der Waals surface area contributed by atoms with Gasteiger partial charge in [-0.05, 0) is 35.5 Å². The van der Waals surface area contributed by atoms with E-state index in [2.05, 4.69) is 6.58 Å². The molecule has 0 spiro atoms. The number of rotatable bonds is 4. The van der Waals surface area contributed by atoms with Crippen LogP contribution in [0.3, 0.4) is 0 Å². The van der Waals surface area contributed by atoms with E-state index in [0.29, 0.717) is 26.3 Å². The zero-order valence-electron chi connectivity index (χ0n) is 11.1. The quantitative estimate of drug-likeness (QED) is 0.606. The van der Waals surface area contributed by atoms with Crippen molar-refractivity contribution in [2.24, 2.45) is 0 Å². The predicted molar refractivity (Wildman–Crippen MR) is 85.9 cm³/mol. The molecule has 0 aliphatic carbocycles. The molecule has 21 heavy (non-hydrogen) atoms. The van der Waals surface area contributed by atoms with Crippen molar-refractivity contribution >= 4 is 52.2 Å². The van der Waals surface area contributed by atoms with E-state index in [1.807, 2.05) is 0 Å². The average Bonchev–Trinajstić information content (AvgIpc) is 2.66. The highest BCUT2D eigenvalue weighted by molar-refractivity contribution is 8.18. The molecule has 0 saturated carbocycles. The third kappa shape index (κ3) is 3.26. The lowest BCUT2D eigenvalue weighted by molar-refractivity contribution is -0.122. The number of thioether (sulfide) groups is 1. The smallest absolute Gasteiger partial charge is 0.293 e. The maximum atomic E-state index is 12.1. The molecule has 1 aliphatic heterocycles. The number of benzene rings is 1. The van der Waals surface area contributed by atoms with Crippen LogP contribution in [0.15, 0.2) is 29.7 Å². The molecule has 110 valence electrons. The van der Waals surface area contributed by atoms with Crippen LogP contribution in [0.4, 0.5) is 4.79 Å². The van der Waals surface area contributed by atoms with Crippen LogP contribution in [0.25, 0.3) is 6.08 Å². The molecule has 0 aromatic heterocycles. The number of ether oxygens (including phenoxy) is 1. The van der Waals surface area contributed by atoms with Gasteiger partial charge in [-0.25, -0.2) is 0 Å². The van der Waals surface area contributed by atoms with Gasteiger partial charge in [-0.1, -0.05) is 29.3 Å². The summed E-state index contributed by atoms with van der Waals surface area (Å²) < 4.78 is 5.06. The maximum absolute atomic E-state index is 12.1. The SMILES string of the molecule is C=CCN1C(=O)S/C(=C/c2cc(Cl)c(OC)c(Cl)c2)C1=O. The van der Waals surface area contributed by atoms with Crippen LogP contribution in [0.1, 0.15) is 5.56 Å². The van der Waals surface area contributed by atoms with Crippen LogP contribution in [-0.2, 0) is 4.79 Å². The van der Waals surface area contributed by atoms with Crippen molar-refractivity contribution in [2.75, 3.05) is 13.7 Å². The first-order valence-electron chi connectivity index (χ1n) is 5.87. The number of hydrogen-bond acceptors (Lipinski definition) is 4. The van der Waals surface area contributed by atoms with Crippen molar-refractivity contribution < 1.29 is 14.3 Å². The zero-order chi connectivity index (χ0) is 15.6. The van der Waals surface area contributed by atoms with E-state index >= 15 is 0 Å². The van der Waals surface area contributed by atoms with Gasteiger partial charge in [0.2, 0.25) is 0 Å². The van der Waals surface area contributed by atoms with Gasteiger partial charge in [0.05, 0.1) is 22.1 Å². The minimum Gasteiger partial charge on any atom is -0.494 e. The Hall–Kier alpha value is -1.43. The van der Waals surface area contributed by atoms with E-state index in [4.69, 9.17) is 27.9 Å². The van der Waals surface area contributed by atoms with Gasteiger partial charge in [0.25, 0.3) is 11.1 Å². The first kappa shape index (κ1) is 15.9. The molecular weight excluding hydrogens is 333 g/mol. The molecular formula is C14H11Cl2NO3S. The third-order valence-electron chi connectivity index (χ3n) is 2.71. The lowest BCUT2D eigenvalue weighted by Crippen LogP contribution is -2.27. The first-order chi connectivity index (χ1) is 9.97. The Kier molecular flexibility index (Phi) is 4.98. The Bertz CT molecular complexity index is 635. The summed E-state index contributed by atoms with van der Waals surface area (Å²) in [5, 5.41) is 0.347. The van der Waals surface area contributed by atoms with E-state index in [9.17, 15) is 9.59 Å². The summed E-state index contributed by atoms with van der Waals surface area (Å²) in [6.45, 7) is 3.71. The number of carbonyl (C=O) groups is 2. The molecule has 0 unspecified atom stereocenters. The third-order valence-corrected chi connectivity index (χ3v) is 4.18. The van der Waals surface area contributed by atoms with Crippen LogP contribution in [0, 0.1) is 0 Å². The highest BCUT2D eigenvalue weighted by Crippen LogP contribution is 2.37. The summed E-state index contributed by atoms with van der Waals surface area (Å²) in [5.41, 5.74) is 0.620. The molecule has 0 radical (unpaired) electrons. The Morgan fingerprint density at radius 1 is 1.33 bits per heavy atom. The number of imide groups is 1. The highest BCUT2D eigenvalue weighted by Gasteiger charge is 2.34. The van der Waals surface area contributed by atoms with Gasteiger partial charge in [-0.2, -0.15) is 0 Å². The summed E-state index contributed by atoms with van der Waals surface area (Å²) in [4.78, 5) is 25.2. The monoisotopic (exact) mass is 343 g/mol. The second kappa shape index (κ2) is 6.56. The molecule has 1 saturated heterocycles. The predicted octanol–water partition coefficient (Wildman–Crippen LogP) is 4.22. The largest absolute Gasteiger partial charge is 0.494 e. The second-order valence-electron chi connectivity index (χ2n) is 4.10. The molecule has 4 nitrogen and oxygen atoms in total. The molecule has 1 aromatic carbocycles. The molecule has 2 rings (SSSR count).